The van der Waals surface area contributed by atoms with Crippen molar-refractivity contribution in [1.29, 1.82) is 0 Å². The number of hydrogen-bond donors (Lipinski definition) is 0. The summed E-state index contributed by atoms with van der Waals surface area (Å²) in [6.07, 6.45) is 11.9. The van der Waals surface area contributed by atoms with Gasteiger partial charge in [0.25, 0.3) is 5.91 Å². The molecule has 2 aromatic carbocycles. The van der Waals surface area contributed by atoms with Gasteiger partial charge in [0, 0.05) is 37.3 Å². The zero-order valence-corrected chi connectivity index (χ0v) is 24.0. The first-order valence-corrected chi connectivity index (χ1v) is 14.6. The van der Waals surface area contributed by atoms with E-state index in [2.05, 4.69) is 28.1 Å². The van der Waals surface area contributed by atoms with Crippen LogP contribution in [-0.4, -0.2) is 56.0 Å². The minimum Gasteiger partial charge on any atom is -0.465 e. The third-order valence-electron chi connectivity index (χ3n) is 8.55. The number of aryl methyl sites for hydroxylation is 1. The number of benzene rings is 2. The van der Waals surface area contributed by atoms with Gasteiger partial charge < -0.3 is 9.64 Å². The molecule has 4 aromatic rings. The molecule has 8 nitrogen and oxygen atoms in total. The fraction of sp³-hybridized carbons (Fsp3) is 0.394. The van der Waals surface area contributed by atoms with Crippen molar-refractivity contribution in [3.8, 4) is 16.8 Å². The smallest absolute Gasteiger partial charge is 0.341 e. The molecule has 0 spiro atoms. The quantitative estimate of drug-likeness (QED) is 0.246. The summed E-state index contributed by atoms with van der Waals surface area (Å²) in [6, 6.07) is 16.4. The topological polar surface area (TPSA) is 82.2 Å². The average molecular weight is 552 g/mol. The lowest BCUT2D eigenvalue weighted by molar-refractivity contribution is 0.0592. The van der Waals surface area contributed by atoms with Gasteiger partial charge in [-0.3, -0.25) is 9.48 Å². The van der Waals surface area contributed by atoms with Crippen LogP contribution in [0.2, 0.25) is 0 Å². The summed E-state index contributed by atoms with van der Waals surface area (Å²) in [5, 5.41) is 8.98. The molecule has 0 N–H and O–H groups in total. The number of piperidine rings is 1. The van der Waals surface area contributed by atoms with E-state index in [1.165, 1.54) is 13.5 Å². The molecule has 1 amide bonds. The number of rotatable bonds is 8. The summed E-state index contributed by atoms with van der Waals surface area (Å²) < 4.78 is 8.78. The lowest BCUT2D eigenvalue weighted by Gasteiger charge is -2.36. The van der Waals surface area contributed by atoms with Crippen LogP contribution >= 0.6 is 0 Å². The van der Waals surface area contributed by atoms with Crippen LogP contribution in [0.3, 0.4) is 0 Å². The highest BCUT2D eigenvalue weighted by Crippen LogP contribution is 2.55. The molecule has 0 bridgehead atoms. The predicted octanol–water partition coefficient (Wildman–Crippen LogP) is 6.13. The van der Waals surface area contributed by atoms with Crippen LogP contribution in [0.25, 0.3) is 16.8 Å². The molecule has 8 heteroatoms. The minimum atomic E-state index is -0.385. The lowest BCUT2D eigenvalue weighted by atomic mass is 9.96. The number of likely N-dealkylation sites (tertiary alicyclic amines) is 1. The van der Waals surface area contributed by atoms with Gasteiger partial charge in [-0.1, -0.05) is 37.6 Å². The molecule has 2 aliphatic rings. The molecule has 3 atom stereocenters. The molecule has 2 aromatic heterocycles. The van der Waals surface area contributed by atoms with E-state index in [4.69, 9.17) is 4.74 Å². The van der Waals surface area contributed by atoms with Gasteiger partial charge in [0.1, 0.15) is 5.56 Å². The molecule has 41 heavy (non-hydrogen) atoms. The summed E-state index contributed by atoms with van der Waals surface area (Å²) in [4.78, 5) is 28.4. The molecular formula is C33H37N5O3. The van der Waals surface area contributed by atoms with Gasteiger partial charge in [-0.2, -0.15) is 10.2 Å². The van der Waals surface area contributed by atoms with E-state index < -0.39 is 0 Å². The van der Waals surface area contributed by atoms with Crippen LogP contribution in [0.1, 0.15) is 89.3 Å². The maximum atomic E-state index is 13.6. The summed E-state index contributed by atoms with van der Waals surface area (Å²) in [6.45, 7) is 3.02. The van der Waals surface area contributed by atoms with Crippen LogP contribution in [0, 0.1) is 0 Å². The van der Waals surface area contributed by atoms with Crippen molar-refractivity contribution in [2.24, 2.45) is 7.05 Å². The Bertz CT molecular complexity index is 1570. The van der Waals surface area contributed by atoms with Gasteiger partial charge in [0.05, 0.1) is 30.9 Å². The van der Waals surface area contributed by atoms with E-state index in [9.17, 15) is 9.59 Å². The van der Waals surface area contributed by atoms with Gasteiger partial charge in [-0.25, -0.2) is 9.48 Å². The second-order valence-electron chi connectivity index (χ2n) is 11.3. The van der Waals surface area contributed by atoms with Crippen LogP contribution in [0.5, 0.6) is 0 Å². The fourth-order valence-electron chi connectivity index (χ4n) is 6.40. The number of hydrogen-bond acceptors (Lipinski definition) is 5. The Morgan fingerprint density at radius 1 is 1.00 bits per heavy atom. The van der Waals surface area contributed by atoms with Gasteiger partial charge in [0.15, 0.2) is 0 Å². The summed E-state index contributed by atoms with van der Waals surface area (Å²) in [5.41, 5.74) is 6.06. The fourth-order valence-corrected chi connectivity index (χ4v) is 6.40. The van der Waals surface area contributed by atoms with E-state index in [1.54, 1.807) is 10.9 Å². The monoisotopic (exact) mass is 551 g/mol. The van der Waals surface area contributed by atoms with E-state index in [1.807, 2.05) is 66.6 Å². The SMILES string of the molecule is CCCC1CCCCN1C(=O)c1cccc(-c2cccc(-n3ncc(C(=O)OC)c3C3CC3c3cnn(C)c3)c2)c1. The van der Waals surface area contributed by atoms with Gasteiger partial charge in [-0.15, -0.1) is 0 Å². The lowest BCUT2D eigenvalue weighted by Crippen LogP contribution is -2.43. The number of nitrogens with zero attached hydrogens (tertiary/aromatic N) is 5. The van der Waals surface area contributed by atoms with Crippen molar-refractivity contribution in [2.45, 2.75) is 63.3 Å². The number of ether oxygens (including phenoxy) is 1. The summed E-state index contributed by atoms with van der Waals surface area (Å²) >= 11 is 0. The maximum absolute atomic E-state index is 13.6. The van der Waals surface area contributed by atoms with Crippen LogP contribution < -0.4 is 0 Å². The average Bonchev–Trinajstić information content (AvgIpc) is 3.46. The van der Waals surface area contributed by atoms with E-state index in [0.29, 0.717) is 11.6 Å². The molecule has 1 aliphatic carbocycles. The Labute approximate surface area is 240 Å². The van der Waals surface area contributed by atoms with E-state index in [0.717, 1.165) is 72.3 Å². The van der Waals surface area contributed by atoms with Crippen LogP contribution in [-0.2, 0) is 11.8 Å². The number of carbonyl (C=O) groups is 2. The Hall–Kier alpha value is -4.20. The first-order chi connectivity index (χ1) is 20.0. The van der Waals surface area contributed by atoms with Gasteiger partial charge >= 0.3 is 5.97 Å². The normalized spacial score (nSPS) is 20.2. The van der Waals surface area contributed by atoms with Crippen molar-refractivity contribution in [3.05, 3.63) is 89.5 Å². The van der Waals surface area contributed by atoms with Crippen molar-refractivity contribution >= 4 is 11.9 Å². The highest BCUT2D eigenvalue weighted by atomic mass is 16.5. The second-order valence-corrected chi connectivity index (χ2v) is 11.3. The molecule has 3 unspecified atom stereocenters. The number of aromatic nitrogens is 4. The minimum absolute atomic E-state index is 0.119. The standard InChI is InChI=1S/C33H37N5O3/c1-4-9-26-13-5-6-15-37(26)32(39)24-12-7-10-22(16-24)23-11-8-14-27(17-23)38-31(30(20-35-38)33(40)41-3)29-18-28(29)25-19-34-36(2)21-25/h7-8,10-12,14,16-17,19-21,26,28-29H,4-6,9,13,15,18H2,1-3H3. The molecule has 0 radical (unpaired) electrons. The van der Waals surface area contributed by atoms with Crippen LogP contribution in [0.4, 0.5) is 0 Å². The highest BCUT2D eigenvalue weighted by molar-refractivity contribution is 5.96. The number of carbonyl (C=O) groups excluding carboxylic acids is 2. The molecule has 1 saturated carbocycles. The first kappa shape index (κ1) is 27.0. The van der Waals surface area contributed by atoms with Crippen molar-refractivity contribution in [1.82, 2.24) is 24.5 Å². The zero-order chi connectivity index (χ0) is 28.5. The van der Waals surface area contributed by atoms with Gasteiger partial charge in [-0.05, 0) is 79.0 Å². The number of esters is 1. The Kier molecular flexibility index (Phi) is 7.47. The molecule has 2 fully saturated rings. The van der Waals surface area contributed by atoms with Crippen LogP contribution in [0.15, 0.2) is 67.1 Å². The summed E-state index contributed by atoms with van der Waals surface area (Å²) in [5.74, 6) is 0.152. The largest absolute Gasteiger partial charge is 0.465 e. The maximum Gasteiger partial charge on any atom is 0.341 e. The Morgan fingerprint density at radius 2 is 1.80 bits per heavy atom. The second kappa shape index (κ2) is 11.4. The molecule has 1 saturated heterocycles. The molecular weight excluding hydrogens is 514 g/mol. The number of amides is 1. The highest BCUT2D eigenvalue weighted by Gasteiger charge is 2.45. The first-order valence-electron chi connectivity index (χ1n) is 14.6. The van der Waals surface area contributed by atoms with E-state index >= 15 is 0 Å². The van der Waals surface area contributed by atoms with E-state index in [-0.39, 0.29) is 23.7 Å². The van der Waals surface area contributed by atoms with Crippen molar-refractivity contribution in [2.75, 3.05) is 13.7 Å². The third-order valence-corrected chi connectivity index (χ3v) is 8.55. The third kappa shape index (κ3) is 5.31. The Morgan fingerprint density at radius 3 is 2.56 bits per heavy atom. The zero-order valence-electron chi connectivity index (χ0n) is 24.0. The molecule has 1 aliphatic heterocycles. The molecule has 3 heterocycles. The Balaban J connectivity index is 1.31. The summed E-state index contributed by atoms with van der Waals surface area (Å²) in [7, 11) is 3.31. The predicted molar refractivity (Wildman–Crippen MR) is 157 cm³/mol. The van der Waals surface area contributed by atoms with Crippen molar-refractivity contribution in [3.63, 3.8) is 0 Å². The molecule has 212 valence electrons. The molecule has 6 rings (SSSR count). The van der Waals surface area contributed by atoms with Crippen molar-refractivity contribution < 1.29 is 14.3 Å². The number of methoxy groups -OCH3 is 1. The van der Waals surface area contributed by atoms with Gasteiger partial charge in [0.2, 0.25) is 0 Å².